The zero-order valence-electron chi connectivity index (χ0n) is 34.2. The zero-order valence-corrected chi connectivity index (χ0v) is 34.2. The van der Waals surface area contributed by atoms with Crippen LogP contribution >= 0.6 is 0 Å². The minimum absolute atomic E-state index is 0.186. The quantitative estimate of drug-likeness (QED) is 0.0815. The van der Waals surface area contributed by atoms with Gasteiger partial charge in [-0.15, -0.1) is 20.4 Å². The summed E-state index contributed by atoms with van der Waals surface area (Å²) < 4.78 is 155. The molecule has 0 aliphatic rings. The Kier molecular flexibility index (Phi) is 11.0. The fourth-order valence-electron chi connectivity index (χ4n) is 7.81. The summed E-state index contributed by atoms with van der Waals surface area (Å²) in [5.74, 6) is -24.7. The lowest BCUT2D eigenvalue weighted by Crippen LogP contribution is -2.04. The molecule has 10 rings (SSSR count). The first kappa shape index (κ1) is 43.2. The van der Waals surface area contributed by atoms with E-state index in [1.54, 1.807) is 42.5 Å². The first-order chi connectivity index (χ1) is 32.9. The summed E-state index contributed by atoms with van der Waals surface area (Å²) in [4.78, 5) is 0. The third-order valence-corrected chi connectivity index (χ3v) is 11.1. The first-order valence-corrected chi connectivity index (χ1v) is 20.2. The van der Waals surface area contributed by atoms with Gasteiger partial charge in [-0.3, -0.25) is 0 Å². The minimum atomic E-state index is -2.36. The van der Waals surface area contributed by atoms with Crippen molar-refractivity contribution < 1.29 is 52.7 Å². The predicted octanol–water partition coefficient (Wildman–Crippen LogP) is 14.8. The van der Waals surface area contributed by atoms with Crippen LogP contribution in [0.2, 0.25) is 0 Å². The second kappa shape index (κ2) is 17.3. The van der Waals surface area contributed by atoms with E-state index in [1.807, 2.05) is 103 Å². The Morgan fingerprint density at radius 3 is 1.03 bits per heavy atom. The standard InChI is InChI=1S/C52H24F10N4O2/c53-39-37(40(54)44(58)47(61)43(39)57)51-65-63-49(67-51)29-19-21-33(35(23-29)28-17-15-26(16-18-28)25-9-3-1-4-10-25)34-22-20-30(24-36(34)32-14-8-7-13-31(32)27-11-5-2-6-12-27)50-64-66-52(68-50)38-41(55)45(59)48(62)46(60)42(38)56/h1-24H. The molecule has 6 nitrogen and oxygen atoms in total. The number of aromatic nitrogens is 4. The highest BCUT2D eigenvalue weighted by molar-refractivity contribution is 5.98. The van der Waals surface area contributed by atoms with E-state index in [4.69, 9.17) is 8.83 Å². The summed E-state index contributed by atoms with van der Waals surface area (Å²) in [6.07, 6.45) is 0. The number of halogens is 10. The number of benzene rings is 8. The van der Waals surface area contributed by atoms with Gasteiger partial charge in [0.2, 0.25) is 23.4 Å². The Morgan fingerprint density at radius 2 is 0.544 bits per heavy atom. The SMILES string of the molecule is Fc1c(F)c(F)c(-c2nnc(-c3ccc(-c4ccc(-c5nnc(-c6c(F)c(F)c(F)c(F)c6F)o5)cc4-c4ccccc4-c4ccccc4)c(-c4ccc(-c5ccccc5)cc4)c3)o2)c(F)c1F. The second-order valence-corrected chi connectivity index (χ2v) is 15.1. The Morgan fingerprint density at radius 1 is 0.235 bits per heavy atom. The molecule has 0 amide bonds. The van der Waals surface area contributed by atoms with Gasteiger partial charge in [-0.2, -0.15) is 0 Å². The highest BCUT2D eigenvalue weighted by atomic mass is 19.2. The van der Waals surface area contributed by atoms with Crippen LogP contribution in [0.1, 0.15) is 0 Å². The van der Waals surface area contributed by atoms with E-state index in [-0.39, 0.29) is 22.9 Å². The summed E-state index contributed by atoms with van der Waals surface area (Å²) in [5.41, 5.74) is 4.43. The van der Waals surface area contributed by atoms with Crippen molar-refractivity contribution in [1.82, 2.24) is 20.4 Å². The predicted molar refractivity (Wildman–Crippen MR) is 231 cm³/mol. The van der Waals surface area contributed by atoms with Crippen LogP contribution in [0.15, 0.2) is 154 Å². The molecule has 2 heterocycles. The van der Waals surface area contributed by atoms with Gasteiger partial charge in [0.15, 0.2) is 46.5 Å². The molecule has 0 unspecified atom stereocenters. The molecule has 2 aromatic heterocycles. The third kappa shape index (κ3) is 7.45. The molecule has 0 bridgehead atoms. The highest BCUT2D eigenvalue weighted by Crippen LogP contribution is 2.45. The van der Waals surface area contributed by atoms with E-state index >= 15 is 0 Å². The summed E-state index contributed by atoms with van der Waals surface area (Å²) in [6, 6.07) is 43.5. The molecule has 0 atom stereocenters. The molecule has 0 radical (unpaired) electrons. The molecule has 0 N–H and O–H groups in total. The topological polar surface area (TPSA) is 77.8 Å². The normalized spacial score (nSPS) is 11.4. The summed E-state index contributed by atoms with van der Waals surface area (Å²) >= 11 is 0. The van der Waals surface area contributed by atoms with Gasteiger partial charge in [-0.05, 0) is 79.9 Å². The van der Waals surface area contributed by atoms with Gasteiger partial charge >= 0.3 is 0 Å². The van der Waals surface area contributed by atoms with Crippen molar-refractivity contribution in [3.05, 3.63) is 204 Å². The molecule has 0 saturated heterocycles. The summed E-state index contributed by atoms with van der Waals surface area (Å²) in [7, 11) is 0. The smallest absolute Gasteiger partial charge is 0.254 e. The molecule has 334 valence electrons. The lowest BCUT2D eigenvalue weighted by atomic mass is 9.85. The van der Waals surface area contributed by atoms with E-state index in [0.29, 0.717) is 33.4 Å². The summed E-state index contributed by atoms with van der Waals surface area (Å²) in [5, 5.41) is 15.1. The van der Waals surface area contributed by atoms with Gasteiger partial charge in [0.25, 0.3) is 11.8 Å². The van der Waals surface area contributed by atoms with Gasteiger partial charge < -0.3 is 8.83 Å². The van der Waals surface area contributed by atoms with Crippen LogP contribution in [0, 0.1) is 58.2 Å². The van der Waals surface area contributed by atoms with Gasteiger partial charge in [-0.25, -0.2) is 43.9 Å². The second-order valence-electron chi connectivity index (χ2n) is 15.1. The fourth-order valence-corrected chi connectivity index (χ4v) is 7.81. The van der Waals surface area contributed by atoms with Gasteiger partial charge in [0, 0.05) is 11.1 Å². The van der Waals surface area contributed by atoms with Crippen LogP contribution in [0.5, 0.6) is 0 Å². The third-order valence-electron chi connectivity index (χ3n) is 11.1. The fraction of sp³-hybridized carbons (Fsp3) is 0. The number of hydrogen-bond acceptors (Lipinski definition) is 6. The lowest BCUT2D eigenvalue weighted by molar-refractivity contribution is 0.378. The monoisotopic (exact) mass is 926 g/mol. The van der Waals surface area contributed by atoms with E-state index in [1.165, 1.54) is 0 Å². The van der Waals surface area contributed by atoms with Crippen LogP contribution in [-0.4, -0.2) is 20.4 Å². The molecule has 0 aliphatic carbocycles. The average Bonchev–Trinajstić information content (AvgIpc) is 4.08. The van der Waals surface area contributed by atoms with E-state index in [2.05, 4.69) is 20.4 Å². The van der Waals surface area contributed by atoms with Crippen molar-refractivity contribution in [3.63, 3.8) is 0 Å². The van der Waals surface area contributed by atoms with Crippen LogP contribution in [-0.2, 0) is 0 Å². The Labute approximate surface area is 377 Å². The van der Waals surface area contributed by atoms with Crippen LogP contribution in [0.4, 0.5) is 43.9 Å². The highest BCUT2D eigenvalue weighted by Gasteiger charge is 2.32. The van der Waals surface area contributed by atoms with Crippen molar-refractivity contribution in [2.75, 3.05) is 0 Å². The Hall–Kier alpha value is -8.66. The molecule has 10 aromatic rings. The molecule has 0 spiro atoms. The van der Waals surface area contributed by atoms with Crippen LogP contribution < -0.4 is 0 Å². The van der Waals surface area contributed by atoms with Crippen molar-refractivity contribution in [2.24, 2.45) is 0 Å². The molecule has 8 aromatic carbocycles. The Balaban J connectivity index is 1.17. The van der Waals surface area contributed by atoms with Crippen molar-refractivity contribution >= 4 is 0 Å². The van der Waals surface area contributed by atoms with Gasteiger partial charge in [0.1, 0.15) is 11.1 Å². The lowest BCUT2D eigenvalue weighted by Gasteiger charge is -2.19. The molecular formula is C52H24F10N4O2. The van der Waals surface area contributed by atoms with Crippen LogP contribution in [0.25, 0.3) is 101 Å². The molecule has 0 saturated carbocycles. The van der Waals surface area contributed by atoms with E-state index in [0.717, 1.165) is 22.3 Å². The van der Waals surface area contributed by atoms with E-state index in [9.17, 15) is 43.9 Å². The minimum Gasteiger partial charge on any atom is -0.416 e. The maximum atomic E-state index is 14.9. The van der Waals surface area contributed by atoms with E-state index < -0.39 is 81.1 Å². The molecule has 0 fully saturated rings. The van der Waals surface area contributed by atoms with Crippen molar-refractivity contribution in [1.29, 1.82) is 0 Å². The number of nitrogens with zero attached hydrogens (tertiary/aromatic N) is 4. The maximum absolute atomic E-state index is 14.9. The molecular weight excluding hydrogens is 903 g/mol. The largest absolute Gasteiger partial charge is 0.416 e. The maximum Gasteiger partial charge on any atom is 0.254 e. The number of rotatable bonds is 9. The zero-order chi connectivity index (χ0) is 47.4. The van der Waals surface area contributed by atoms with Crippen LogP contribution in [0.3, 0.4) is 0 Å². The van der Waals surface area contributed by atoms with Crippen molar-refractivity contribution in [3.8, 4) is 101 Å². The molecule has 0 aliphatic heterocycles. The summed E-state index contributed by atoms with van der Waals surface area (Å²) in [6.45, 7) is 0. The van der Waals surface area contributed by atoms with Gasteiger partial charge in [-0.1, -0.05) is 121 Å². The number of hydrogen-bond donors (Lipinski definition) is 0. The molecule has 68 heavy (non-hydrogen) atoms. The van der Waals surface area contributed by atoms with Crippen molar-refractivity contribution in [2.45, 2.75) is 0 Å². The first-order valence-electron chi connectivity index (χ1n) is 20.2. The Bertz CT molecular complexity index is 3520. The average molecular weight is 927 g/mol. The molecule has 16 heteroatoms. The van der Waals surface area contributed by atoms with Gasteiger partial charge in [0.05, 0.1) is 0 Å².